The standard InChI is InChI=1S/C17H23FN2O2S/c18-15-4-2-14(3-5-15)12-20-7-1-6-17(22,16(20)21)13-19-8-10-23-11-9-19/h2-5,22H,1,6-13H2/t17-/m0/s1. The van der Waals surface area contributed by atoms with E-state index in [-0.39, 0.29) is 11.7 Å². The number of carbonyl (C=O) groups is 1. The van der Waals surface area contributed by atoms with E-state index in [1.165, 1.54) is 12.1 Å². The number of aliphatic hydroxyl groups is 1. The molecule has 2 aliphatic rings. The third-order valence-electron chi connectivity index (χ3n) is 4.58. The molecule has 1 aromatic rings. The number of rotatable bonds is 4. The zero-order valence-corrected chi connectivity index (χ0v) is 14.0. The maximum atomic E-state index is 13.0. The number of piperidine rings is 1. The Kier molecular flexibility index (Phi) is 5.24. The SMILES string of the molecule is O=C1N(Cc2ccc(F)cc2)CCC[C@]1(O)CN1CCSCC1. The third-order valence-corrected chi connectivity index (χ3v) is 5.52. The normalized spacial score (nSPS) is 26.5. The molecular weight excluding hydrogens is 315 g/mol. The van der Waals surface area contributed by atoms with Gasteiger partial charge in [-0.05, 0) is 30.5 Å². The molecule has 0 aromatic heterocycles. The highest BCUT2D eigenvalue weighted by Gasteiger charge is 2.43. The molecule has 23 heavy (non-hydrogen) atoms. The van der Waals surface area contributed by atoms with E-state index in [0.29, 0.717) is 26.1 Å². The van der Waals surface area contributed by atoms with Crippen LogP contribution >= 0.6 is 11.8 Å². The van der Waals surface area contributed by atoms with Crippen molar-refractivity contribution in [1.82, 2.24) is 9.80 Å². The van der Waals surface area contributed by atoms with E-state index in [2.05, 4.69) is 4.90 Å². The second-order valence-electron chi connectivity index (χ2n) is 6.38. The molecule has 2 heterocycles. The van der Waals surface area contributed by atoms with Crippen LogP contribution in [0.2, 0.25) is 0 Å². The number of thioether (sulfide) groups is 1. The van der Waals surface area contributed by atoms with Gasteiger partial charge in [0.15, 0.2) is 5.60 Å². The van der Waals surface area contributed by atoms with E-state index in [1.54, 1.807) is 17.0 Å². The molecule has 0 radical (unpaired) electrons. The van der Waals surface area contributed by atoms with Gasteiger partial charge in [0, 0.05) is 44.2 Å². The van der Waals surface area contributed by atoms with Crippen molar-refractivity contribution in [2.75, 3.05) is 37.7 Å². The Morgan fingerprint density at radius 3 is 2.57 bits per heavy atom. The average molecular weight is 338 g/mol. The van der Waals surface area contributed by atoms with E-state index < -0.39 is 5.60 Å². The first kappa shape index (κ1) is 16.7. The molecule has 3 rings (SSSR count). The maximum Gasteiger partial charge on any atom is 0.256 e. The van der Waals surface area contributed by atoms with Crippen molar-refractivity contribution in [3.63, 3.8) is 0 Å². The molecule has 1 amide bonds. The predicted molar refractivity (Wildman–Crippen MR) is 89.8 cm³/mol. The van der Waals surface area contributed by atoms with Crippen molar-refractivity contribution >= 4 is 17.7 Å². The van der Waals surface area contributed by atoms with Crippen LogP contribution in [0, 0.1) is 5.82 Å². The fourth-order valence-electron chi connectivity index (χ4n) is 3.30. The first-order chi connectivity index (χ1) is 11.1. The molecule has 2 fully saturated rings. The highest BCUT2D eigenvalue weighted by Crippen LogP contribution is 2.26. The van der Waals surface area contributed by atoms with E-state index in [1.807, 2.05) is 11.8 Å². The van der Waals surface area contributed by atoms with Crippen molar-refractivity contribution in [2.45, 2.75) is 25.0 Å². The Labute approximate surface area is 140 Å². The molecule has 1 aromatic carbocycles. The van der Waals surface area contributed by atoms with Crippen LogP contribution < -0.4 is 0 Å². The molecule has 4 nitrogen and oxygen atoms in total. The third kappa shape index (κ3) is 4.05. The second kappa shape index (κ2) is 7.20. The highest BCUT2D eigenvalue weighted by molar-refractivity contribution is 7.99. The van der Waals surface area contributed by atoms with Crippen LogP contribution in [0.1, 0.15) is 18.4 Å². The van der Waals surface area contributed by atoms with Gasteiger partial charge in [0.2, 0.25) is 0 Å². The van der Waals surface area contributed by atoms with Crippen LogP contribution in [0.5, 0.6) is 0 Å². The number of likely N-dealkylation sites (tertiary alicyclic amines) is 1. The van der Waals surface area contributed by atoms with E-state index >= 15 is 0 Å². The number of carbonyl (C=O) groups excluding carboxylic acids is 1. The summed E-state index contributed by atoms with van der Waals surface area (Å²) in [5, 5.41) is 10.9. The second-order valence-corrected chi connectivity index (χ2v) is 7.60. The fraction of sp³-hybridized carbons (Fsp3) is 0.588. The molecule has 2 aliphatic heterocycles. The van der Waals surface area contributed by atoms with Crippen molar-refractivity contribution in [3.05, 3.63) is 35.6 Å². The first-order valence-corrected chi connectivity index (χ1v) is 9.29. The number of hydrogen-bond donors (Lipinski definition) is 1. The summed E-state index contributed by atoms with van der Waals surface area (Å²) in [4.78, 5) is 16.7. The first-order valence-electron chi connectivity index (χ1n) is 8.13. The lowest BCUT2D eigenvalue weighted by molar-refractivity contribution is -0.160. The number of halogens is 1. The molecule has 0 saturated carbocycles. The number of nitrogens with zero attached hydrogens (tertiary/aromatic N) is 2. The molecule has 1 atom stereocenters. The Balaban J connectivity index is 1.65. The number of hydrogen-bond acceptors (Lipinski definition) is 4. The largest absolute Gasteiger partial charge is 0.379 e. The van der Waals surface area contributed by atoms with Gasteiger partial charge in [0.25, 0.3) is 5.91 Å². The summed E-state index contributed by atoms with van der Waals surface area (Å²) >= 11 is 1.91. The summed E-state index contributed by atoms with van der Waals surface area (Å²) in [6.07, 6.45) is 1.32. The van der Waals surface area contributed by atoms with Crippen molar-refractivity contribution in [1.29, 1.82) is 0 Å². The van der Waals surface area contributed by atoms with Crippen molar-refractivity contribution < 1.29 is 14.3 Å². The quantitative estimate of drug-likeness (QED) is 0.908. The summed E-state index contributed by atoms with van der Waals surface area (Å²) in [6, 6.07) is 6.19. The minimum Gasteiger partial charge on any atom is -0.379 e. The summed E-state index contributed by atoms with van der Waals surface area (Å²) < 4.78 is 13.0. The fourth-order valence-corrected chi connectivity index (χ4v) is 4.28. The molecule has 2 saturated heterocycles. The van der Waals surface area contributed by atoms with Crippen LogP contribution in [0.25, 0.3) is 0 Å². The Morgan fingerprint density at radius 2 is 1.87 bits per heavy atom. The highest BCUT2D eigenvalue weighted by atomic mass is 32.2. The zero-order valence-electron chi connectivity index (χ0n) is 13.2. The molecule has 0 unspecified atom stereocenters. The zero-order chi connectivity index (χ0) is 16.3. The number of benzene rings is 1. The van der Waals surface area contributed by atoms with Gasteiger partial charge in [-0.3, -0.25) is 9.69 Å². The monoisotopic (exact) mass is 338 g/mol. The Bertz CT molecular complexity index is 548. The summed E-state index contributed by atoms with van der Waals surface area (Å²) in [5.74, 6) is 1.65. The smallest absolute Gasteiger partial charge is 0.256 e. The lowest BCUT2D eigenvalue weighted by Gasteiger charge is -2.41. The molecule has 126 valence electrons. The predicted octanol–water partition coefficient (Wildman–Crippen LogP) is 1.73. The molecule has 0 aliphatic carbocycles. The van der Waals surface area contributed by atoms with E-state index in [9.17, 15) is 14.3 Å². The summed E-state index contributed by atoms with van der Waals surface area (Å²) in [5.41, 5.74) is -0.390. The molecule has 0 bridgehead atoms. The minimum atomic E-state index is -1.28. The van der Waals surface area contributed by atoms with E-state index in [4.69, 9.17) is 0 Å². The molecule has 0 spiro atoms. The van der Waals surface area contributed by atoms with Crippen molar-refractivity contribution in [3.8, 4) is 0 Å². The topological polar surface area (TPSA) is 43.8 Å². The van der Waals surface area contributed by atoms with Gasteiger partial charge in [-0.25, -0.2) is 4.39 Å². The minimum absolute atomic E-state index is 0.189. The van der Waals surface area contributed by atoms with E-state index in [0.717, 1.165) is 36.6 Å². The van der Waals surface area contributed by atoms with Crippen LogP contribution in [0.4, 0.5) is 4.39 Å². The van der Waals surface area contributed by atoms with Gasteiger partial charge in [-0.2, -0.15) is 11.8 Å². The number of amides is 1. The van der Waals surface area contributed by atoms with Crippen LogP contribution in [0.3, 0.4) is 0 Å². The van der Waals surface area contributed by atoms with Crippen LogP contribution in [-0.4, -0.2) is 64.1 Å². The van der Waals surface area contributed by atoms with Gasteiger partial charge in [0.1, 0.15) is 5.82 Å². The number of β-amino-alcohol motifs (C(OH)–C–C–N with tert-alkyl or cyclic N) is 1. The van der Waals surface area contributed by atoms with Crippen LogP contribution in [0.15, 0.2) is 24.3 Å². The van der Waals surface area contributed by atoms with Gasteiger partial charge in [0.05, 0.1) is 0 Å². The Hall–Kier alpha value is -1.11. The molecule has 1 N–H and O–H groups in total. The molecule has 6 heteroatoms. The van der Waals surface area contributed by atoms with Gasteiger partial charge < -0.3 is 10.0 Å². The average Bonchev–Trinajstić information content (AvgIpc) is 2.55. The maximum absolute atomic E-state index is 13.0. The van der Waals surface area contributed by atoms with Crippen LogP contribution in [-0.2, 0) is 11.3 Å². The van der Waals surface area contributed by atoms with Crippen molar-refractivity contribution in [2.24, 2.45) is 0 Å². The summed E-state index contributed by atoms with van der Waals surface area (Å²) in [6.45, 7) is 3.36. The molecular formula is C17H23FN2O2S. The summed E-state index contributed by atoms with van der Waals surface area (Å²) in [7, 11) is 0. The Morgan fingerprint density at radius 1 is 1.17 bits per heavy atom. The van der Waals surface area contributed by atoms with Gasteiger partial charge in [-0.15, -0.1) is 0 Å². The van der Waals surface area contributed by atoms with Gasteiger partial charge in [-0.1, -0.05) is 12.1 Å². The lowest BCUT2D eigenvalue weighted by atomic mass is 9.90. The lowest BCUT2D eigenvalue weighted by Crippen LogP contribution is -2.59. The van der Waals surface area contributed by atoms with Gasteiger partial charge >= 0.3 is 0 Å².